The van der Waals surface area contributed by atoms with E-state index in [2.05, 4.69) is 43.5 Å². The molecule has 6 amide bonds. The quantitative estimate of drug-likeness (QED) is 0.0158. The van der Waals surface area contributed by atoms with Gasteiger partial charge >= 0.3 is 17.9 Å². The van der Waals surface area contributed by atoms with Crippen LogP contribution in [0.15, 0.2) is 17.3 Å². The van der Waals surface area contributed by atoms with Crippen LogP contribution >= 0.6 is 0 Å². The van der Waals surface area contributed by atoms with Gasteiger partial charge in [-0.25, -0.2) is 14.4 Å². The van der Waals surface area contributed by atoms with E-state index in [1.807, 2.05) is 6.92 Å². The van der Waals surface area contributed by atoms with Crippen LogP contribution in [-0.4, -0.2) is 129 Å². The molecule has 0 spiro atoms. The van der Waals surface area contributed by atoms with Crippen LogP contribution in [0.2, 0.25) is 0 Å². The first-order valence-corrected chi connectivity index (χ1v) is 19.4. The molecule has 0 unspecified atom stereocenters. The highest BCUT2D eigenvalue weighted by molar-refractivity contribution is 5.89. The molecule has 0 aliphatic heterocycles. The van der Waals surface area contributed by atoms with E-state index in [0.717, 1.165) is 6.92 Å². The van der Waals surface area contributed by atoms with E-state index in [1.165, 1.54) is 6.92 Å². The smallest absolute Gasteiger partial charge is 0.326 e. The van der Waals surface area contributed by atoms with E-state index in [0.29, 0.717) is 25.7 Å². The second-order valence-corrected chi connectivity index (χ2v) is 14.1. The Balaban J connectivity index is 5.17. The van der Waals surface area contributed by atoms with E-state index in [-0.39, 0.29) is 56.4 Å². The van der Waals surface area contributed by atoms with Crippen molar-refractivity contribution in [3.05, 3.63) is 12.3 Å². The molecule has 0 radical (unpaired) electrons. The standard InChI is InChI=1S/C37H61N9O14/c1-20(21(2)47)8-5-6-18-40-33(54)25(9-7-19-41-37(38)39)44-30(51)16-12-27(35(57)58)46-32(53)17-13-28(36(59)60)45-31(52)14-10-24(22(3)48)43-29(50)15-11-26(34(55)56)42-23(4)49/h20,24-28,48H,3,5-19H2,1-2,4H3,(H,40,54)(H,42,49)(H,43,50)(H,44,51)(H,45,52)(H,46,53)(H,55,56)(H,57,58)(H,59,60)(H4,38,39,41)/t20-,24-,25-,26-,27-,28-/m0/s1. The number of aliphatic hydroxyl groups excluding tert-OH is 1. The number of rotatable bonds is 32. The van der Waals surface area contributed by atoms with Crippen LogP contribution in [0.4, 0.5) is 0 Å². The van der Waals surface area contributed by atoms with Crippen LogP contribution in [0.25, 0.3) is 0 Å². The Labute approximate surface area is 347 Å². The molecule has 0 aromatic heterocycles. The summed E-state index contributed by atoms with van der Waals surface area (Å²) in [5.74, 6) is -9.42. The third-order valence-electron chi connectivity index (χ3n) is 8.97. The van der Waals surface area contributed by atoms with Crippen LogP contribution in [0, 0.1) is 5.92 Å². The molecule has 338 valence electrons. The van der Waals surface area contributed by atoms with E-state index in [9.17, 15) is 68.4 Å². The van der Waals surface area contributed by atoms with Crippen LogP contribution in [-0.2, 0) is 47.9 Å². The first-order chi connectivity index (χ1) is 28.0. The number of nitrogens with zero attached hydrogens (tertiary/aromatic N) is 1. The van der Waals surface area contributed by atoms with Gasteiger partial charge in [-0.1, -0.05) is 19.9 Å². The summed E-state index contributed by atoms with van der Waals surface area (Å²) in [6.07, 6.45) is -0.809. The largest absolute Gasteiger partial charge is 0.511 e. The van der Waals surface area contributed by atoms with Crippen molar-refractivity contribution >= 4 is 65.1 Å². The predicted molar refractivity (Wildman–Crippen MR) is 214 cm³/mol. The van der Waals surface area contributed by atoms with Gasteiger partial charge in [0, 0.05) is 51.6 Å². The number of ketones is 1. The first kappa shape index (κ1) is 53.7. The number of hydrogen-bond donors (Lipinski definition) is 12. The summed E-state index contributed by atoms with van der Waals surface area (Å²) < 4.78 is 0. The zero-order valence-corrected chi connectivity index (χ0v) is 34.3. The second-order valence-electron chi connectivity index (χ2n) is 14.1. The molecule has 0 fully saturated rings. The number of aliphatic imine (C=N–C) groups is 1. The number of hydrogen-bond acceptors (Lipinski definition) is 12. The van der Waals surface area contributed by atoms with Crippen molar-refractivity contribution in [2.24, 2.45) is 22.4 Å². The number of unbranched alkanes of at least 4 members (excludes halogenated alkanes) is 1. The fraction of sp³-hybridized carbons (Fsp3) is 0.649. The molecule has 60 heavy (non-hydrogen) atoms. The van der Waals surface area contributed by atoms with Crippen LogP contribution < -0.4 is 43.4 Å². The van der Waals surface area contributed by atoms with Crippen molar-refractivity contribution in [3.8, 4) is 0 Å². The average molecular weight is 856 g/mol. The van der Waals surface area contributed by atoms with Gasteiger partial charge in [-0.3, -0.25) is 38.6 Å². The highest BCUT2D eigenvalue weighted by atomic mass is 16.4. The normalized spacial score (nSPS) is 13.7. The number of nitrogens with two attached hydrogens (primary N) is 2. The number of nitrogens with one attached hydrogen (secondary N) is 6. The van der Waals surface area contributed by atoms with Gasteiger partial charge in [-0.05, 0) is 58.3 Å². The number of aliphatic hydroxyl groups is 1. The van der Waals surface area contributed by atoms with Gasteiger partial charge < -0.3 is 63.8 Å². The Morgan fingerprint density at radius 1 is 0.550 bits per heavy atom. The topological polar surface area (TPSA) is 388 Å². The van der Waals surface area contributed by atoms with Crippen molar-refractivity contribution < 1.29 is 68.4 Å². The number of carbonyl (C=O) groups is 10. The molecule has 0 saturated heterocycles. The SMILES string of the molecule is C=C(O)[C@H](CCC(=O)N[C@@H](CCC(=O)N[C@@H](CCC(=O)N[C@@H](CCCN=C(N)N)C(=O)NCCCC[C@H](C)C(C)=O)C(=O)O)C(=O)O)NC(=O)CC[C@H](NC(C)=O)C(=O)O. The average Bonchev–Trinajstić information content (AvgIpc) is 3.15. The van der Waals surface area contributed by atoms with Crippen molar-refractivity contribution in [1.82, 2.24) is 31.9 Å². The number of guanidine groups is 1. The van der Waals surface area contributed by atoms with Gasteiger partial charge in [0.2, 0.25) is 35.4 Å². The van der Waals surface area contributed by atoms with Crippen molar-refractivity contribution in [2.45, 2.75) is 134 Å². The Hall–Kier alpha value is -6.29. The lowest BCUT2D eigenvalue weighted by Gasteiger charge is -2.20. The first-order valence-electron chi connectivity index (χ1n) is 19.4. The molecule has 0 rings (SSSR count). The summed E-state index contributed by atoms with van der Waals surface area (Å²) in [6, 6.07) is -6.73. The van der Waals surface area contributed by atoms with E-state index < -0.39 is 121 Å². The Bertz CT molecular complexity index is 1570. The summed E-state index contributed by atoms with van der Waals surface area (Å²) in [5.41, 5.74) is 10.7. The Morgan fingerprint density at radius 2 is 0.950 bits per heavy atom. The summed E-state index contributed by atoms with van der Waals surface area (Å²) in [6.45, 7) is 8.21. The fourth-order valence-electron chi connectivity index (χ4n) is 5.39. The molecule has 0 aromatic rings. The van der Waals surface area contributed by atoms with Crippen LogP contribution in [0.5, 0.6) is 0 Å². The zero-order chi connectivity index (χ0) is 45.9. The molecular weight excluding hydrogens is 794 g/mol. The molecule has 0 aromatic carbocycles. The van der Waals surface area contributed by atoms with Crippen molar-refractivity contribution in [2.75, 3.05) is 13.1 Å². The van der Waals surface area contributed by atoms with E-state index >= 15 is 0 Å². The molecule has 0 saturated carbocycles. The zero-order valence-electron chi connectivity index (χ0n) is 34.3. The number of carbonyl (C=O) groups excluding carboxylic acids is 7. The highest BCUT2D eigenvalue weighted by Gasteiger charge is 2.27. The lowest BCUT2D eigenvalue weighted by Crippen LogP contribution is -2.48. The van der Waals surface area contributed by atoms with Gasteiger partial charge in [-0.15, -0.1) is 0 Å². The maximum Gasteiger partial charge on any atom is 0.326 e. The van der Waals surface area contributed by atoms with Crippen molar-refractivity contribution in [3.63, 3.8) is 0 Å². The highest BCUT2D eigenvalue weighted by Crippen LogP contribution is 2.10. The predicted octanol–water partition coefficient (Wildman–Crippen LogP) is -1.56. The number of Topliss-reactive ketones (excluding diaryl/α,β-unsaturated/α-hetero) is 1. The second kappa shape index (κ2) is 29.0. The molecular formula is C37H61N9O14. The van der Waals surface area contributed by atoms with Crippen molar-refractivity contribution in [1.29, 1.82) is 0 Å². The Kier molecular flexibility index (Phi) is 26.0. The monoisotopic (exact) mass is 855 g/mol. The minimum absolute atomic E-state index is 0.0674. The maximum atomic E-state index is 12.9. The van der Waals surface area contributed by atoms with Gasteiger partial charge in [-0.2, -0.15) is 0 Å². The summed E-state index contributed by atoms with van der Waals surface area (Å²) in [4.78, 5) is 125. The summed E-state index contributed by atoms with van der Waals surface area (Å²) in [7, 11) is 0. The minimum atomic E-state index is -1.61. The van der Waals surface area contributed by atoms with Gasteiger partial charge in [0.15, 0.2) is 5.96 Å². The van der Waals surface area contributed by atoms with Gasteiger partial charge in [0.25, 0.3) is 0 Å². The molecule has 6 atom stereocenters. The number of amides is 6. The molecule has 23 nitrogen and oxygen atoms in total. The van der Waals surface area contributed by atoms with Crippen LogP contribution in [0.1, 0.15) is 104 Å². The lowest BCUT2D eigenvalue weighted by molar-refractivity contribution is -0.143. The molecule has 0 aliphatic rings. The van der Waals surface area contributed by atoms with Gasteiger partial charge in [0.1, 0.15) is 35.7 Å². The third-order valence-corrected chi connectivity index (χ3v) is 8.97. The lowest BCUT2D eigenvalue weighted by atomic mass is 10.0. The fourth-order valence-corrected chi connectivity index (χ4v) is 5.39. The van der Waals surface area contributed by atoms with E-state index in [1.54, 1.807) is 0 Å². The van der Waals surface area contributed by atoms with Gasteiger partial charge in [0.05, 0.1) is 6.04 Å². The minimum Gasteiger partial charge on any atom is -0.511 e. The molecule has 0 aliphatic carbocycles. The molecule has 0 bridgehead atoms. The maximum absolute atomic E-state index is 12.9. The number of carboxylic acid groups (broad SMARTS) is 3. The Morgan fingerprint density at radius 3 is 1.33 bits per heavy atom. The molecule has 0 heterocycles. The summed E-state index contributed by atoms with van der Waals surface area (Å²) >= 11 is 0. The number of aliphatic carboxylic acids is 3. The third kappa shape index (κ3) is 25.2. The van der Waals surface area contributed by atoms with E-state index in [4.69, 9.17) is 11.5 Å². The number of carboxylic acids is 3. The molecule has 14 N–H and O–H groups in total. The summed E-state index contributed by atoms with van der Waals surface area (Å²) in [5, 5.41) is 52.7. The molecule has 23 heteroatoms. The van der Waals surface area contributed by atoms with Crippen LogP contribution in [0.3, 0.4) is 0 Å².